The number of rotatable bonds is 5. The molecule has 3 heterocycles. The molecule has 116 valence electrons. The lowest BCUT2D eigenvalue weighted by atomic mass is 10.00. The van der Waals surface area contributed by atoms with Crippen molar-refractivity contribution in [2.75, 3.05) is 11.4 Å². The second-order valence-corrected chi connectivity index (χ2v) is 6.97. The summed E-state index contributed by atoms with van der Waals surface area (Å²) in [5, 5.41) is 13.3. The number of aliphatic hydroxyl groups is 1. The number of nitrogens with zero attached hydrogens (tertiary/aromatic N) is 2. The quantitative estimate of drug-likeness (QED) is 0.873. The molecule has 1 aromatic heterocycles. The van der Waals surface area contributed by atoms with Crippen molar-refractivity contribution in [2.24, 2.45) is 5.92 Å². The molecule has 0 saturated carbocycles. The fraction of sp³-hybridized carbons (Fsp3) is 0.706. The maximum Gasteiger partial charge on any atom is 0.128 e. The topological polar surface area (TPSA) is 48.4 Å². The van der Waals surface area contributed by atoms with E-state index in [9.17, 15) is 5.11 Å². The largest absolute Gasteiger partial charge is 0.393 e. The van der Waals surface area contributed by atoms with Gasteiger partial charge < -0.3 is 15.3 Å². The summed E-state index contributed by atoms with van der Waals surface area (Å²) in [6, 6.07) is 5.29. The molecule has 2 aliphatic heterocycles. The molecule has 0 amide bonds. The number of nitrogens with one attached hydrogen (secondary N) is 1. The van der Waals surface area contributed by atoms with Gasteiger partial charge in [-0.1, -0.05) is 19.9 Å². The highest BCUT2D eigenvalue weighted by Gasteiger charge is 2.40. The maximum absolute atomic E-state index is 9.89. The molecular formula is C17H27N3O. The minimum Gasteiger partial charge on any atom is -0.393 e. The maximum atomic E-state index is 9.89. The van der Waals surface area contributed by atoms with Crippen LogP contribution in [0, 0.1) is 5.92 Å². The Kier molecular flexibility index (Phi) is 4.45. The number of hydrogen-bond acceptors (Lipinski definition) is 4. The lowest BCUT2D eigenvalue weighted by Gasteiger charge is -2.38. The first kappa shape index (κ1) is 14.8. The predicted molar refractivity (Wildman–Crippen MR) is 85.3 cm³/mol. The van der Waals surface area contributed by atoms with Crippen molar-refractivity contribution in [3.63, 3.8) is 0 Å². The monoisotopic (exact) mass is 289 g/mol. The van der Waals surface area contributed by atoms with Gasteiger partial charge in [-0.2, -0.15) is 0 Å². The van der Waals surface area contributed by atoms with Crippen molar-refractivity contribution < 1.29 is 5.11 Å². The summed E-state index contributed by atoms with van der Waals surface area (Å²) in [5.74, 6) is 1.76. The summed E-state index contributed by atoms with van der Waals surface area (Å²) in [5.41, 5.74) is 1.24. The highest BCUT2D eigenvalue weighted by Crippen LogP contribution is 2.38. The average molecular weight is 289 g/mol. The zero-order chi connectivity index (χ0) is 14.8. The molecule has 1 aromatic rings. The number of aliphatic hydroxyl groups excluding tert-OH is 1. The van der Waals surface area contributed by atoms with Gasteiger partial charge in [0.15, 0.2) is 0 Å². The van der Waals surface area contributed by atoms with Gasteiger partial charge in [0.2, 0.25) is 0 Å². The molecule has 2 saturated heterocycles. The van der Waals surface area contributed by atoms with Gasteiger partial charge in [0.05, 0.1) is 6.10 Å². The fourth-order valence-corrected chi connectivity index (χ4v) is 3.70. The number of fused-ring (bicyclic) bond motifs is 2. The van der Waals surface area contributed by atoms with Crippen molar-refractivity contribution >= 4 is 5.82 Å². The van der Waals surface area contributed by atoms with Crippen molar-refractivity contribution in [3.05, 3.63) is 23.9 Å². The molecule has 2 aliphatic rings. The van der Waals surface area contributed by atoms with E-state index in [0.29, 0.717) is 18.0 Å². The van der Waals surface area contributed by atoms with Gasteiger partial charge in [-0.05, 0) is 49.8 Å². The summed E-state index contributed by atoms with van der Waals surface area (Å²) in [6.45, 7) is 6.36. The van der Waals surface area contributed by atoms with E-state index in [1.54, 1.807) is 0 Å². The van der Waals surface area contributed by atoms with Crippen LogP contribution in [0.15, 0.2) is 18.3 Å². The molecule has 0 radical (unpaired) electrons. The molecule has 2 N–H and O–H groups in total. The molecule has 2 bridgehead atoms. The molecule has 3 rings (SSSR count). The molecular weight excluding hydrogens is 262 g/mol. The Morgan fingerprint density at radius 3 is 2.57 bits per heavy atom. The van der Waals surface area contributed by atoms with Gasteiger partial charge in [-0.25, -0.2) is 4.98 Å². The van der Waals surface area contributed by atoms with Gasteiger partial charge >= 0.3 is 0 Å². The van der Waals surface area contributed by atoms with Crippen LogP contribution in [-0.4, -0.2) is 34.8 Å². The number of aromatic nitrogens is 1. The van der Waals surface area contributed by atoms with E-state index < -0.39 is 0 Å². The van der Waals surface area contributed by atoms with Gasteiger partial charge in [-0.3, -0.25) is 0 Å². The van der Waals surface area contributed by atoms with Crippen LogP contribution in [0.4, 0.5) is 5.82 Å². The molecule has 2 unspecified atom stereocenters. The van der Waals surface area contributed by atoms with Gasteiger partial charge in [0, 0.05) is 24.8 Å². The Hall–Kier alpha value is -1.13. The standard InChI is InChI=1S/C17H27N3O/c1-12(2)9-18-10-13-3-6-17(19-11-13)20-14-4-5-15(20)8-16(21)7-14/h3,6,11-12,14-16,18,21H,4-5,7-10H2,1-2H3. The van der Waals surface area contributed by atoms with E-state index in [-0.39, 0.29) is 6.10 Å². The van der Waals surface area contributed by atoms with Crippen molar-refractivity contribution in [1.82, 2.24) is 10.3 Å². The first-order valence-electron chi connectivity index (χ1n) is 8.25. The molecule has 0 aromatic carbocycles. The first-order valence-corrected chi connectivity index (χ1v) is 8.25. The highest BCUT2D eigenvalue weighted by atomic mass is 16.3. The summed E-state index contributed by atoms with van der Waals surface area (Å²) in [7, 11) is 0. The van der Waals surface area contributed by atoms with Crippen LogP contribution in [0.3, 0.4) is 0 Å². The molecule has 0 spiro atoms. The predicted octanol–water partition coefficient (Wildman–Crippen LogP) is 2.32. The molecule has 21 heavy (non-hydrogen) atoms. The molecule has 0 aliphatic carbocycles. The smallest absolute Gasteiger partial charge is 0.128 e. The Morgan fingerprint density at radius 2 is 2.00 bits per heavy atom. The number of anilines is 1. The average Bonchev–Trinajstić information content (AvgIpc) is 2.72. The third-order valence-corrected chi connectivity index (χ3v) is 4.66. The minimum atomic E-state index is -0.113. The normalized spacial score (nSPS) is 28.4. The van der Waals surface area contributed by atoms with Crippen LogP contribution in [0.1, 0.15) is 45.1 Å². The minimum absolute atomic E-state index is 0.113. The molecule has 4 nitrogen and oxygen atoms in total. The highest BCUT2D eigenvalue weighted by molar-refractivity contribution is 5.44. The fourth-order valence-electron chi connectivity index (χ4n) is 3.70. The van der Waals surface area contributed by atoms with E-state index in [0.717, 1.165) is 31.7 Å². The lowest BCUT2D eigenvalue weighted by molar-refractivity contribution is 0.126. The van der Waals surface area contributed by atoms with Crippen LogP contribution in [0.2, 0.25) is 0 Å². The second-order valence-electron chi connectivity index (χ2n) is 6.97. The Labute approximate surface area is 127 Å². The lowest BCUT2D eigenvalue weighted by Crippen LogP contribution is -2.45. The second kappa shape index (κ2) is 6.32. The van der Waals surface area contributed by atoms with Gasteiger partial charge in [0.1, 0.15) is 5.82 Å². The van der Waals surface area contributed by atoms with Crippen LogP contribution in [-0.2, 0) is 6.54 Å². The van der Waals surface area contributed by atoms with Crippen LogP contribution in [0.5, 0.6) is 0 Å². The first-order chi connectivity index (χ1) is 10.1. The third-order valence-electron chi connectivity index (χ3n) is 4.66. The van der Waals surface area contributed by atoms with Gasteiger partial charge in [0.25, 0.3) is 0 Å². The Bertz CT molecular complexity index is 446. The number of hydrogen-bond donors (Lipinski definition) is 2. The van der Waals surface area contributed by atoms with E-state index in [4.69, 9.17) is 0 Å². The molecule has 4 heteroatoms. The zero-order valence-corrected chi connectivity index (χ0v) is 13.1. The zero-order valence-electron chi connectivity index (χ0n) is 13.1. The Balaban J connectivity index is 1.62. The third kappa shape index (κ3) is 3.38. The summed E-state index contributed by atoms with van der Waals surface area (Å²) < 4.78 is 0. The summed E-state index contributed by atoms with van der Waals surface area (Å²) in [4.78, 5) is 7.11. The summed E-state index contributed by atoms with van der Waals surface area (Å²) >= 11 is 0. The van der Waals surface area contributed by atoms with Crippen molar-refractivity contribution in [2.45, 2.75) is 64.3 Å². The van der Waals surface area contributed by atoms with Crippen molar-refractivity contribution in [1.29, 1.82) is 0 Å². The van der Waals surface area contributed by atoms with Gasteiger partial charge in [-0.15, -0.1) is 0 Å². The summed E-state index contributed by atoms with van der Waals surface area (Å²) in [6.07, 6.45) is 6.07. The van der Waals surface area contributed by atoms with E-state index in [2.05, 4.69) is 41.2 Å². The SMILES string of the molecule is CC(C)CNCc1ccc(N2C3CCC2CC(O)C3)nc1. The van der Waals surface area contributed by atoms with Crippen LogP contribution < -0.4 is 10.2 Å². The van der Waals surface area contributed by atoms with E-state index in [1.807, 2.05) is 6.20 Å². The number of pyridine rings is 1. The van der Waals surface area contributed by atoms with E-state index >= 15 is 0 Å². The van der Waals surface area contributed by atoms with Crippen molar-refractivity contribution in [3.8, 4) is 0 Å². The van der Waals surface area contributed by atoms with Crippen LogP contribution >= 0.6 is 0 Å². The molecule has 2 fully saturated rings. The number of piperidine rings is 1. The Morgan fingerprint density at radius 1 is 1.29 bits per heavy atom. The molecule has 2 atom stereocenters. The van der Waals surface area contributed by atoms with E-state index in [1.165, 1.54) is 18.4 Å². The van der Waals surface area contributed by atoms with Crippen LogP contribution in [0.25, 0.3) is 0 Å².